The number of rotatable bonds is 3. The molecule has 0 aromatic heterocycles. The van der Waals surface area contributed by atoms with Crippen molar-refractivity contribution in [2.75, 3.05) is 20.2 Å². The lowest BCUT2D eigenvalue weighted by atomic mass is 9.81. The first-order chi connectivity index (χ1) is 13.0. The maximum atomic E-state index is 14.5. The minimum atomic E-state index is -1.34. The average Bonchev–Trinajstić information content (AvgIpc) is 2.57. The zero-order chi connectivity index (χ0) is 20.7. The number of halogens is 2. The molecule has 1 heterocycles. The Balaban J connectivity index is 1.94. The molecule has 1 amide bonds. The summed E-state index contributed by atoms with van der Waals surface area (Å²) in [5.74, 6) is 0.0307. The smallest absolute Gasteiger partial charge is 0.410 e. The van der Waals surface area contributed by atoms with Gasteiger partial charge in [0.1, 0.15) is 22.8 Å². The highest BCUT2D eigenvalue weighted by atomic mass is 35.5. The Hall–Kier alpha value is -2.31. The van der Waals surface area contributed by atoms with Crippen LogP contribution in [0.25, 0.3) is 11.1 Å². The number of likely N-dealkylation sites (tertiary alicyclic amines) is 1. The van der Waals surface area contributed by atoms with E-state index < -0.39 is 23.1 Å². The summed E-state index contributed by atoms with van der Waals surface area (Å²) in [5.41, 5.74) is -0.661. The number of hydrogen-bond acceptors (Lipinski definition) is 4. The van der Waals surface area contributed by atoms with E-state index in [0.29, 0.717) is 22.4 Å². The molecular formula is C21H23ClFNO4. The van der Waals surface area contributed by atoms with Crippen LogP contribution in [0, 0.1) is 5.82 Å². The number of β-amino-alcohol motifs (C(OH)–C–C–N with tert-alkyl or cyclic N) is 1. The monoisotopic (exact) mass is 407 g/mol. The second-order valence-electron chi connectivity index (χ2n) is 7.90. The van der Waals surface area contributed by atoms with Gasteiger partial charge in [0.15, 0.2) is 0 Å². The van der Waals surface area contributed by atoms with Crippen LogP contribution in [0.3, 0.4) is 0 Å². The van der Waals surface area contributed by atoms with Crippen LogP contribution >= 0.6 is 11.6 Å². The summed E-state index contributed by atoms with van der Waals surface area (Å²) < 4.78 is 25.1. The Kier molecular flexibility index (Phi) is 5.30. The Labute approximate surface area is 168 Å². The van der Waals surface area contributed by atoms with Crippen LogP contribution in [-0.2, 0) is 10.3 Å². The van der Waals surface area contributed by atoms with E-state index in [1.165, 1.54) is 18.1 Å². The number of ether oxygens (including phenoxy) is 2. The van der Waals surface area contributed by atoms with Crippen molar-refractivity contribution in [3.8, 4) is 16.9 Å². The molecule has 0 bridgehead atoms. The fraction of sp³-hybridized carbons (Fsp3) is 0.381. The SMILES string of the molecule is COc1ccc(-c2ccc(Cl)cc2F)c(C2(O)CN(C(=O)OC(C)(C)C)C2)c1. The van der Waals surface area contributed by atoms with E-state index in [4.69, 9.17) is 21.1 Å². The average molecular weight is 408 g/mol. The van der Waals surface area contributed by atoms with Gasteiger partial charge in [0.05, 0.1) is 20.2 Å². The Bertz CT molecular complexity index is 904. The zero-order valence-electron chi connectivity index (χ0n) is 16.3. The van der Waals surface area contributed by atoms with Gasteiger partial charge in [-0.1, -0.05) is 17.7 Å². The molecule has 3 rings (SSSR count). The molecule has 1 aliphatic rings. The summed E-state index contributed by atoms with van der Waals surface area (Å²) in [6, 6.07) is 9.43. The summed E-state index contributed by atoms with van der Waals surface area (Å²) in [6.07, 6.45) is -0.501. The van der Waals surface area contributed by atoms with Crippen LogP contribution in [0.2, 0.25) is 5.02 Å². The predicted octanol–water partition coefficient (Wildman–Crippen LogP) is 4.59. The van der Waals surface area contributed by atoms with E-state index in [9.17, 15) is 14.3 Å². The van der Waals surface area contributed by atoms with Crippen LogP contribution in [-0.4, -0.2) is 41.9 Å². The Morgan fingerprint density at radius 3 is 2.39 bits per heavy atom. The Morgan fingerprint density at radius 2 is 1.82 bits per heavy atom. The van der Waals surface area contributed by atoms with Crippen LogP contribution in [0.5, 0.6) is 5.75 Å². The van der Waals surface area contributed by atoms with Gasteiger partial charge in [-0.05, 0) is 62.2 Å². The third-order valence-corrected chi connectivity index (χ3v) is 4.74. The highest BCUT2D eigenvalue weighted by Gasteiger charge is 2.47. The fourth-order valence-electron chi connectivity index (χ4n) is 3.19. The first-order valence-electron chi connectivity index (χ1n) is 8.87. The topological polar surface area (TPSA) is 59.0 Å². The molecule has 0 unspecified atom stereocenters. The maximum Gasteiger partial charge on any atom is 0.410 e. The molecule has 0 radical (unpaired) electrons. The minimum absolute atomic E-state index is 0.0390. The van der Waals surface area contributed by atoms with Crippen molar-refractivity contribution < 1.29 is 23.8 Å². The number of carbonyl (C=O) groups is 1. The molecule has 0 atom stereocenters. The molecule has 2 aromatic rings. The standard InChI is InChI=1S/C21H23ClFNO4/c1-20(2,3)28-19(25)24-11-21(26,12-24)17-10-14(27-4)6-8-15(17)16-7-5-13(22)9-18(16)23/h5-10,26H,11-12H2,1-4H3. The molecule has 150 valence electrons. The summed E-state index contributed by atoms with van der Waals surface area (Å²) in [7, 11) is 1.51. The van der Waals surface area contributed by atoms with Gasteiger partial charge in [0.2, 0.25) is 0 Å². The summed E-state index contributed by atoms with van der Waals surface area (Å²) in [6.45, 7) is 5.41. The van der Waals surface area contributed by atoms with E-state index in [2.05, 4.69) is 0 Å². The minimum Gasteiger partial charge on any atom is -0.497 e. The van der Waals surface area contributed by atoms with E-state index >= 15 is 0 Å². The third kappa shape index (κ3) is 4.08. The third-order valence-electron chi connectivity index (χ3n) is 4.51. The van der Waals surface area contributed by atoms with Crippen molar-refractivity contribution in [3.63, 3.8) is 0 Å². The molecule has 0 spiro atoms. The van der Waals surface area contributed by atoms with Gasteiger partial charge >= 0.3 is 6.09 Å². The van der Waals surface area contributed by atoms with Crippen molar-refractivity contribution in [2.24, 2.45) is 0 Å². The van der Waals surface area contributed by atoms with E-state index in [1.807, 2.05) is 0 Å². The van der Waals surface area contributed by atoms with Gasteiger partial charge in [0.25, 0.3) is 0 Å². The van der Waals surface area contributed by atoms with Gasteiger partial charge in [-0.15, -0.1) is 0 Å². The van der Waals surface area contributed by atoms with E-state index in [1.54, 1.807) is 51.1 Å². The lowest BCUT2D eigenvalue weighted by molar-refractivity contribution is -0.103. The number of nitrogens with zero attached hydrogens (tertiary/aromatic N) is 1. The number of benzene rings is 2. The highest BCUT2D eigenvalue weighted by Crippen LogP contribution is 2.41. The quantitative estimate of drug-likeness (QED) is 0.808. The van der Waals surface area contributed by atoms with Crippen molar-refractivity contribution in [1.29, 1.82) is 0 Å². The fourth-order valence-corrected chi connectivity index (χ4v) is 3.35. The molecule has 0 aliphatic carbocycles. The second-order valence-corrected chi connectivity index (χ2v) is 8.34. The van der Waals surface area contributed by atoms with Crippen molar-refractivity contribution in [1.82, 2.24) is 4.90 Å². The van der Waals surface area contributed by atoms with Gasteiger partial charge in [-0.25, -0.2) is 9.18 Å². The lowest BCUT2D eigenvalue weighted by Crippen LogP contribution is -2.62. The number of carbonyl (C=O) groups excluding carboxylic acids is 1. The van der Waals surface area contributed by atoms with Crippen LogP contribution in [0.4, 0.5) is 9.18 Å². The molecule has 2 aromatic carbocycles. The first-order valence-corrected chi connectivity index (χ1v) is 9.24. The van der Waals surface area contributed by atoms with Gasteiger partial charge < -0.3 is 19.5 Å². The normalized spacial score (nSPS) is 15.8. The zero-order valence-corrected chi connectivity index (χ0v) is 17.0. The molecule has 28 heavy (non-hydrogen) atoms. The summed E-state index contributed by atoms with van der Waals surface area (Å²) in [5, 5.41) is 11.4. The van der Waals surface area contributed by atoms with E-state index in [0.717, 1.165) is 0 Å². The van der Waals surface area contributed by atoms with Crippen LogP contribution < -0.4 is 4.74 Å². The summed E-state index contributed by atoms with van der Waals surface area (Å²) >= 11 is 5.86. The number of methoxy groups -OCH3 is 1. The molecule has 1 saturated heterocycles. The van der Waals surface area contributed by atoms with Crippen molar-refractivity contribution >= 4 is 17.7 Å². The van der Waals surface area contributed by atoms with Crippen molar-refractivity contribution in [3.05, 3.63) is 52.8 Å². The molecule has 0 saturated carbocycles. The van der Waals surface area contributed by atoms with Crippen LogP contribution in [0.1, 0.15) is 26.3 Å². The van der Waals surface area contributed by atoms with Gasteiger partial charge in [-0.3, -0.25) is 0 Å². The highest BCUT2D eigenvalue weighted by molar-refractivity contribution is 6.30. The van der Waals surface area contributed by atoms with Gasteiger partial charge in [0, 0.05) is 10.6 Å². The van der Waals surface area contributed by atoms with E-state index in [-0.39, 0.29) is 18.1 Å². The maximum absolute atomic E-state index is 14.5. The summed E-state index contributed by atoms with van der Waals surface area (Å²) in [4.78, 5) is 13.6. The Morgan fingerprint density at radius 1 is 1.18 bits per heavy atom. The molecule has 5 nitrogen and oxygen atoms in total. The molecule has 1 N–H and O–H groups in total. The molecule has 1 aliphatic heterocycles. The number of amides is 1. The lowest BCUT2D eigenvalue weighted by Gasteiger charge is -2.47. The molecular weight excluding hydrogens is 385 g/mol. The predicted molar refractivity (Wildman–Crippen MR) is 105 cm³/mol. The number of aliphatic hydroxyl groups is 1. The molecule has 1 fully saturated rings. The van der Waals surface area contributed by atoms with Gasteiger partial charge in [-0.2, -0.15) is 0 Å². The largest absolute Gasteiger partial charge is 0.497 e. The first kappa shape index (κ1) is 20.4. The van der Waals surface area contributed by atoms with Crippen LogP contribution in [0.15, 0.2) is 36.4 Å². The molecule has 7 heteroatoms. The van der Waals surface area contributed by atoms with Crippen molar-refractivity contribution in [2.45, 2.75) is 32.0 Å². The number of hydrogen-bond donors (Lipinski definition) is 1. The second kappa shape index (κ2) is 7.26.